The predicted molar refractivity (Wildman–Crippen MR) is 88.8 cm³/mol. The Balaban J connectivity index is 1.92. The van der Waals surface area contributed by atoms with E-state index in [1.165, 1.54) is 12.1 Å². The molecule has 0 bridgehead atoms. The van der Waals surface area contributed by atoms with Crippen molar-refractivity contribution in [3.63, 3.8) is 0 Å². The SMILES string of the molecule is Fc1ccc(-c2[nH]c3ccccc3c2[C@@H]2CNCC[C@H]2F)cc1. The first-order valence-electron chi connectivity index (χ1n) is 7.95. The van der Waals surface area contributed by atoms with Crippen LogP contribution < -0.4 is 5.32 Å². The summed E-state index contributed by atoms with van der Waals surface area (Å²) < 4.78 is 27.8. The zero-order chi connectivity index (χ0) is 15.8. The summed E-state index contributed by atoms with van der Waals surface area (Å²) in [6, 6.07) is 14.3. The Kier molecular flexibility index (Phi) is 3.62. The van der Waals surface area contributed by atoms with Gasteiger partial charge in [-0.25, -0.2) is 8.78 Å². The molecule has 2 heterocycles. The highest BCUT2D eigenvalue weighted by Crippen LogP contribution is 2.39. The van der Waals surface area contributed by atoms with Gasteiger partial charge in [0.2, 0.25) is 0 Å². The molecular weight excluding hydrogens is 294 g/mol. The number of piperidine rings is 1. The van der Waals surface area contributed by atoms with E-state index in [4.69, 9.17) is 0 Å². The molecule has 1 aromatic heterocycles. The van der Waals surface area contributed by atoms with E-state index < -0.39 is 6.17 Å². The van der Waals surface area contributed by atoms with Crippen LogP contribution in [0.25, 0.3) is 22.2 Å². The lowest BCUT2D eigenvalue weighted by Crippen LogP contribution is -2.36. The second kappa shape index (κ2) is 5.78. The molecule has 118 valence electrons. The fraction of sp³-hybridized carbons (Fsp3) is 0.263. The van der Waals surface area contributed by atoms with Gasteiger partial charge in [-0.1, -0.05) is 18.2 Å². The first-order chi connectivity index (χ1) is 11.2. The van der Waals surface area contributed by atoms with Gasteiger partial charge in [0.15, 0.2) is 0 Å². The Morgan fingerprint density at radius 1 is 1.00 bits per heavy atom. The van der Waals surface area contributed by atoms with E-state index in [1.54, 1.807) is 12.1 Å². The van der Waals surface area contributed by atoms with Crippen molar-refractivity contribution in [1.29, 1.82) is 0 Å². The Morgan fingerprint density at radius 2 is 1.78 bits per heavy atom. The molecule has 0 radical (unpaired) electrons. The van der Waals surface area contributed by atoms with Gasteiger partial charge in [-0.2, -0.15) is 0 Å². The molecule has 0 spiro atoms. The lowest BCUT2D eigenvalue weighted by atomic mass is 9.86. The number of benzene rings is 2. The van der Waals surface area contributed by atoms with Crippen molar-refractivity contribution in [2.45, 2.75) is 18.5 Å². The maximum absolute atomic E-state index is 14.6. The zero-order valence-corrected chi connectivity index (χ0v) is 12.7. The Labute approximate surface area is 133 Å². The highest BCUT2D eigenvalue weighted by Gasteiger charge is 2.30. The summed E-state index contributed by atoms with van der Waals surface area (Å²) in [5.74, 6) is -0.464. The number of para-hydroxylation sites is 1. The number of H-pyrrole nitrogens is 1. The summed E-state index contributed by atoms with van der Waals surface area (Å²) >= 11 is 0. The van der Waals surface area contributed by atoms with Gasteiger partial charge in [-0.15, -0.1) is 0 Å². The average Bonchev–Trinajstić information content (AvgIpc) is 2.95. The van der Waals surface area contributed by atoms with Crippen molar-refractivity contribution in [3.8, 4) is 11.3 Å². The summed E-state index contributed by atoms with van der Waals surface area (Å²) in [5.41, 5.74) is 3.75. The molecule has 2 nitrogen and oxygen atoms in total. The highest BCUT2D eigenvalue weighted by molar-refractivity contribution is 5.91. The molecule has 0 amide bonds. The number of nitrogens with one attached hydrogen (secondary N) is 2. The number of aromatic amines is 1. The van der Waals surface area contributed by atoms with Crippen LogP contribution in [0.4, 0.5) is 8.78 Å². The van der Waals surface area contributed by atoms with E-state index >= 15 is 0 Å². The number of aromatic nitrogens is 1. The standard InChI is InChI=1S/C19H18F2N2/c20-13-7-5-12(6-8-13)19-18(15-11-22-10-9-16(15)21)14-3-1-2-4-17(14)23-19/h1-8,15-16,22-23H,9-11H2/t15-,16-/m1/s1. The molecule has 23 heavy (non-hydrogen) atoms. The van der Waals surface area contributed by atoms with Crippen molar-refractivity contribution in [3.05, 3.63) is 59.9 Å². The van der Waals surface area contributed by atoms with Crippen LogP contribution in [-0.4, -0.2) is 24.2 Å². The van der Waals surface area contributed by atoms with Gasteiger partial charge in [-0.3, -0.25) is 0 Å². The maximum Gasteiger partial charge on any atom is 0.123 e. The third-order valence-electron chi connectivity index (χ3n) is 4.65. The van der Waals surface area contributed by atoms with Crippen molar-refractivity contribution in [2.24, 2.45) is 0 Å². The first-order valence-corrected chi connectivity index (χ1v) is 7.95. The smallest absolute Gasteiger partial charge is 0.123 e. The maximum atomic E-state index is 14.6. The van der Waals surface area contributed by atoms with E-state index in [0.29, 0.717) is 19.5 Å². The van der Waals surface area contributed by atoms with E-state index in [-0.39, 0.29) is 11.7 Å². The molecule has 3 aromatic rings. The van der Waals surface area contributed by atoms with Crippen LogP contribution in [0, 0.1) is 5.82 Å². The normalized spacial score (nSPS) is 21.7. The molecule has 2 aromatic carbocycles. The molecule has 1 saturated heterocycles. The zero-order valence-electron chi connectivity index (χ0n) is 12.7. The van der Waals surface area contributed by atoms with Gasteiger partial charge in [0.25, 0.3) is 0 Å². The molecule has 4 rings (SSSR count). The molecule has 2 N–H and O–H groups in total. The number of halogens is 2. The second-order valence-corrected chi connectivity index (χ2v) is 6.08. The molecular formula is C19H18F2N2. The molecule has 1 aliphatic heterocycles. The van der Waals surface area contributed by atoms with Crippen molar-refractivity contribution in [1.82, 2.24) is 10.3 Å². The number of hydrogen-bond donors (Lipinski definition) is 2. The summed E-state index contributed by atoms with van der Waals surface area (Å²) in [4.78, 5) is 3.40. The molecule has 0 aliphatic carbocycles. The fourth-order valence-corrected chi connectivity index (χ4v) is 3.50. The minimum absolute atomic E-state index is 0.194. The van der Waals surface area contributed by atoms with Gasteiger partial charge in [0.1, 0.15) is 12.0 Å². The third-order valence-corrected chi connectivity index (χ3v) is 4.65. The van der Waals surface area contributed by atoms with Crippen LogP contribution >= 0.6 is 0 Å². The van der Waals surface area contributed by atoms with Crippen LogP contribution in [0.2, 0.25) is 0 Å². The van der Waals surface area contributed by atoms with E-state index in [2.05, 4.69) is 10.3 Å². The molecule has 1 aliphatic rings. The van der Waals surface area contributed by atoms with Gasteiger partial charge in [-0.05, 0) is 54.4 Å². The first kappa shape index (κ1) is 14.4. The summed E-state index contributed by atoms with van der Waals surface area (Å²) in [7, 11) is 0. The van der Waals surface area contributed by atoms with Crippen LogP contribution in [0.1, 0.15) is 17.9 Å². The van der Waals surface area contributed by atoms with Crippen LogP contribution in [0.5, 0.6) is 0 Å². The Bertz CT molecular complexity index is 823. The van der Waals surface area contributed by atoms with Crippen molar-refractivity contribution in [2.75, 3.05) is 13.1 Å². The fourth-order valence-electron chi connectivity index (χ4n) is 3.50. The minimum Gasteiger partial charge on any atom is -0.354 e. The van der Waals surface area contributed by atoms with Crippen molar-refractivity contribution >= 4 is 10.9 Å². The predicted octanol–water partition coefficient (Wildman–Crippen LogP) is 4.39. The number of fused-ring (bicyclic) bond motifs is 1. The Morgan fingerprint density at radius 3 is 2.57 bits per heavy atom. The summed E-state index contributed by atoms with van der Waals surface area (Å²) in [6.07, 6.45) is -0.345. The number of rotatable bonds is 2. The lowest BCUT2D eigenvalue weighted by Gasteiger charge is -2.27. The largest absolute Gasteiger partial charge is 0.354 e. The van der Waals surface area contributed by atoms with Gasteiger partial charge in [0.05, 0.1) is 5.69 Å². The monoisotopic (exact) mass is 312 g/mol. The molecule has 1 fully saturated rings. The van der Waals surface area contributed by atoms with Gasteiger partial charge >= 0.3 is 0 Å². The molecule has 2 atom stereocenters. The highest BCUT2D eigenvalue weighted by atomic mass is 19.1. The van der Waals surface area contributed by atoms with Crippen LogP contribution in [-0.2, 0) is 0 Å². The Hall–Kier alpha value is -2.20. The summed E-state index contributed by atoms with van der Waals surface area (Å²) in [6.45, 7) is 1.34. The quantitative estimate of drug-likeness (QED) is 0.721. The third kappa shape index (κ3) is 2.53. The summed E-state index contributed by atoms with van der Waals surface area (Å²) in [5, 5.41) is 4.34. The van der Waals surface area contributed by atoms with Gasteiger partial charge in [0, 0.05) is 23.4 Å². The van der Waals surface area contributed by atoms with E-state index in [9.17, 15) is 8.78 Å². The van der Waals surface area contributed by atoms with E-state index in [0.717, 1.165) is 27.7 Å². The minimum atomic E-state index is -0.866. The van der Waals surface area contributed by atoms with Crippen molar-refractivity contribution < 1.29 is 8.78 Å². The molecule has 0 unspecified atom stereocenters. The lowest BCUT2D eigenvalue weighted by molar-refractivity contribution is 0.229. The number of hydrogen-bond acceptors (Lipinski definition) is 1. The topological polar surface area (TPSA) is 27.8 Å². The number of alkyl halides is 1. The average molecular weight is 312 g/mol. The second-order valence-electron chi connectivity index (χ2n) is 6.08. The van der Waals surface area contributed by atoms with E-state index in [1.807, 2.05) is 24.3 Å². The molecule has 4 heteroatoms. The van der Waals surface area contributed by atoms with Gasteiger partial charge < -0.3 is 10.3 Å². The molecule has 0 saturated carbocycles. The van der Waals surface area contributed by atoms with Crippen LogP contribution in [0.15, 0.2) is 48.5 Å². The van der Waals surface area contributed by atoms with Crippen LogP contribution in [0.3, 0.4) is 0 Å².